The summed E-state index contributed by atoms with van der Waals surface area (Å²) >= 11 is 0. The van der Waals surface area contributed by atoms with E-state index in [9.17, 15) is 5.11 Å². The summed E-state index contributed by atoms with van der Waals surface area (Å²) in [5.41, 5.74) is 0.745. The molecule has 0 amide bonds. The molecule has 0 aliphatic carbocycles. The molecule has 0 saturated carbocycles. The highest BCUT2D eigenvalue weighted by Crippen LogP contribution is 2.31. The van der Waals surface area contributed by atoms with E-state index in [0.29, 0.717) is 31.1 Å². The summed E-state index contributed by atoms with van der Waals surface area (Å²) in [6, 6.07) is 5.37. The first-order chi connectivity index (χ1) is 8.22. The molecule has 0 aliphatic heterocycles. The fourth-order valence-corrected chi connectivity index (χ4v) is 1.50. The van der Waals surface area contributed by atoms with Crippen LogP contribution in [0.15, 0.2) is 18.2 Å². The number of aliphatic hydroxyl groups excluding tert-OH is 1. The first-order valence-electron chi connectivity index (χ1n) is 5.74. The van der Waals surface area contributed by atoms with Crippen molar-refractivity contribution < 1.29 is 14.6 Å². The zero-order chi connectivity index (χ0) is 12.7. The minimum atomic E-state index is -0.658. The van der Waals surface area contributed by atoms with Crippen molar-refractivity contribution in [3.63, 3.8) is 0 Å². The molecule has 92 valence electrons. The maximum atomic E-state index is 9.80. The lowest BCUT2D eigenvalue weighted by Crippen LogP contribution is -2.01. The van der Waals surface area contributed by atoms with E-state index in [1.807, 2.05) is 13.8 Å². The van der Waals surface area contributed by atoms with Crippen molar-refractivity contribution in [3.05, 3.63) is 23.8 Å². The topological polar surface area (TPSA) is 38.7 Å². The Bertz CT molecular complexity index is 393. The molecule has 1 rings (SSSR count). The molecule has 0 radical (unpaired) electrons. The van der Waals surface area contributed by atoms with Gasteiger partial charge in [0.05, 0.1) is 19.3 Å². The third-order valence-corrected chi connectivity index (χ3v) is 2.26. The Morgan fingerprint density at radius 1 is 1.24 bits per heavy atom. The van der Waals surface area contributed by atoms with Crippen molar-refractivity contribution in [2.24, 2.45) is 0 Å². The average molecular weight is 234 g/mol. The van der Waals surface area contributed by atoms with Crippen LogP contribution in [0.2, 0.25) is 0 Å². The van der Waals surface area contributed by atoms with Crippen LogP contribution in [0.3, 0.4) is 0 Å². The Morgan fingerprint density at radius 3 is 2.47 bits per heavy atom. The number of rotatable bonds is 6. The lowest BCUT2D eigenvalue weighted by atomic mass is 10.1. The van der Waals surface area contributed by atoms with E-state index in [0.717, 1.165) is 5.56 Å². The van der Waals surface area contributed by atoms with Gasteiger partial charge in [-0.2, -0.15) is 0 Å². The van der Waals surface area contributed by atoms with Crippen molar-refractivity contribution >= 4 is 0 Å². The SMILES string of the molecule is C#CCC(O)c1ccc(OCC)c(OCC)c1. The monoisotopic (exact) mass is 234 g/mol. The maximum absolute atomic E-state index is 9.80. The van der Waals surface area contributed by atoms with Crippen LogP contribution in [0.5, 0.6) is 11.5 Å². The molecule has 17 heavy (non-hydrogen) atoms. The second kappa shape index (κ2) is 6.82. The number of terminal acetylenes is 1. The predicted octanol–water partition coefficient (Wildman–Crippen LogP) is 2.54. The molecule has 0 aliphatic rings. The van der Waals surface area contributed by atoms with E-state index in [1.165, 1.54) is 0 Å². The molecule has 0 fully saturated rings. The van der Waals surface area contributed by atoms with Crippen molar-refractivity contribution in [1.82, 2.24) is 0 Å². The van der Waals surface area contributed by atoms with Crippen molar-refractivity contribution in [2.75, 3.05) is 13.2 Å². The Morgan fingerprint density at radius 2 is 1.88 bits per heavy atom. The van der Waals surface area contributed by atoms with Gasteiger partial charge in [-0.3, -0.25) is 0 Å². The molecular weight excluding hydrogens is 216 g/mol. The van der Waals surface area contributed by atoms with E-state index in [2.05, 4.69) is 5.92 Å². The number of ether oxygens (including phenoxy) is 2. The highest BCUT2D eigenvalue weighted by atomic mass is 16.5. The Labute approximate surface area is 102 Å². The summed E-state index contributed by atoms with van der Waals surface area (Å²) in [7, 11) is 0. The molecule has 0 aromatic heterocycles. The molecule has 1 atom stereocenters. The van der Waals surface area contributed by atoms with Crippen LogP contribution >= 0.6 is 0 Å². The summed E-state index contributed by atoms with van der Waals surface area (Å²) in [6.07, 6.45) is 4.81. The fraction of sp³-hybridized carbons (Fsp3) is 0.429. The van der Waals surface area contributed by atoms with Crippen molar-refractivity contribution in [1.29, 1.82) is 0 Å². The Kier molecular flexibility index (Phi) is 5.38. The van der Waals surface area contributed by atoms with E-state index < -0.39 is 6.10 Å². The number of benzene rings is 1. The minimum absolute atomic E-state index is 0.291. The van der Waals surface area contributed by atoms with Crippen molar-refractivity contribution in [2.45, 2.75) is 26.4 Å². The summed E-state index contributed by atoms with van der Waals surface area (Å²) in [5.74, 6) is 3.76. The van der Waals surface area contributed by atoms with E-state index in [-0.39, 0.29) is 0 Å². The van der Waals surface area contributed by atoms with E-state index in [4.69, 9.17) is 15.9 Å². The van der Waals surface area contributed by atoms with Gasteiger partial charge in [-0.25, -0.2) is 0 Å². The Balaban J connectivity index is 2.96. The second-order valence-corrected chi connectivity index (χ2v) is 3.50. The summed E-state index contributed by atoms with van der Waals surface area (Å²) < 4.78 is 10.9. The zero-order valence-electron chi connectivity index (χ0n) is 10.3. The van der Waals surface area contributed by atoms with Crippen LogP contribution in [-0.4, -0.2) is 18.3 Å². The quantitative estimate of drug-likeness (QED) is 0.769. The molecule has 1 aromatic carbocycles. The van der Waals surface area contributed by atoms with Gasteiger partial charge in [-0.1, -0.05) is 6.07 Å². The highest BCUT2D eigenvalue weighted by Gasteiger charge is 2.11. The lowest BCUT2D eigenvalue weighted by molar-refractivity contribution is 0.183. The molecule has 0 heterocycles. The van der Waals surface area contributed by atoms with Gasteiger partial charge >= 0.3 is 0 Å². The van der Waals surface area contributed by atoms with E-state index >= 15 is 0 Å². The highest BCUT2D eigenvalue weighted by molar-refractivity contribution is 5.43. The van der Waals surface area contributed by atoms with Crippen LogP contribution in [-0.2, 0) is 0 Å². The molecule has 1 N–H and O–H groups in total. The van der Waals surface area contributed by atoms with E-state index in [1.54, 1.807) is 18.2 Å². The zero-order valence-corrected chi connectivity index (χ0v) is 10.3. The summed E-state index contributed by atoms with van der Waals surface area (Å²) in [5, 5.41) is 9.80. The molecular formula is C14H18O3. The standard InChI is InChI=1S/C14H18O3/c1-4-7-12(15)11-8-9-13(16-5-2)14(10-11)17-6-3/h1,8-10,12,15H,5-7H2,2-3H3. The van der Waals surface area contributed by atoms with Gasteiger partial charge in [-0.05, 0) is 31.5 Å². The van der Waals surface area contributed by atoms with Gasteiger partial charge in [0, 0.05) is 6.42 Å². The first kappa shape index (κ1) is 13.4. The fourth-order valence-electron chi connectivity index (χ4n) is 1.50. The Hall–Kier alpha value is -1.66. The third kappa shape index (κ3) is 3.69. The minimum Gasteiger partial charge on any atom is -0.490 e. The van der Waals surface area contributed by atoms with Gasteiger partial charge in [0.2, 0.25) is 0 Å². The summed E-state index contributed by atoms with van der Waals surface area (Å²) in [4.78, 5) is 0. The van der Waals surface area contributed by atoms with Gasteiger partial charge in [-0.15, -0.1) is 12.3 Å². The molecule has 0 saturated heterocycles. The maximum Gasteiger partial charge on any atom is 0.161 e. The van der Waals surface area contributed by atoms with Crippen LogP contribution in [0.25, 0.3) is 0 Å². The molecule has 1 aromatic rings. The number of hydrogen-bond acceptors (Lipinski definition) is 3. The molecule has 1 unspecified atom stereocenters. The average Bonchev–Trinajstić information content (AvgIpc) is 2.32. The van der Waals surface area contributed by atoms with Gasteiger partial charge < -0.3 is 14.6 Å². The van der Waals surface area contributed by atoms with Crippen LogP contribution in [0.1, 0.15) is 31.9 Å². The van der Waals surface area contributed by atoms with Crippen LogP contribution < -0.4 is 9.47 Å². The van der Waals surface area contributed by atoms with Gasteiger partial charge in [0.25, 0.3) is 0 Å². The normalized spacial score (nSPS) is 11.6. The lowest BCUT2D eigenvalue weighted by Gasteiger charge is -2.14. The second-order valence-electron chi connectivity index (χ2n) is 3.50. The number of aliphatic hydroxyl groups is 1. The van der Waals surface area contributed by atoms with Gasteiger partial charge in [0.1, 0.15) is 0 Å². The summed E-state index contributed by atoms with van der Waals surface area (Å²) in [6.45, 7) is 4.94. The van der Waals surface area contributed by atoms with Crippen molar-refractivity contribution in [3.8, 4) is 23.8 Å². The third-order valence-electron chi connectivity index (χ3n) is 2.26. The molecule has 0 bridgehead atoms. The smallest absolute Gasteiger partial charge is 0.161 e. The molecule has 3 heteroatoms. The largest absolute Gasteiger partial charge is 0.490 e. The van der Waals surface area contributed by atoms with Gasteiger partial charge in [0.15, 0.2) is 11.5 Å². The van der Waals surface area contributed by atoms with Crippen LogP contribution in [0, 0.1) is 12.3 Å². The molecule has 3 nitrogen and oxygen atoms in total. The predicted molar refractivity (Wildman–Crippen MR) is 67.2 cm³/mol. The first-order valence-corrected chi connectivity index (χ1v) is 5.74. The van der Waals surface area contributed by atoms with Crippen LogP contribution in [0.4, 0.5) is 0 Å². The molecule has 0 spiro atoms. The number of hydrogen-bond donors (Lipinski definition) is 1.